The predicted octanol–water partition coefficient (Wildman–Crippen LogP) is 1.04. The molecule has 0 aliphatic carbocycles. The number of hydrogen-bond acceptors (Lipinski definition) is 10. The number of carboxylic acid groups (broad SMARTS) is 1. The van der Waals surface area contributed by atoms with E-state index in [0.717, 1.165) is 5.56 Å². The van der Waals surface area contributed by atoms with Crippen LogP contribution in [0, 0.1) is 29.6 Å². The summed E-state index contributed by atoms with van der Waals surface area (Å²) in [5.74, 6) is -8.97. The van der Waals surface area contributed by atoms with Gasteiger partial charge in [-0.1, -0.05) is 122 Å². The summed E-state index contributed by atoms with van der Waals surface area (Å²) in [4.78, 5) is 119. The Labute approximate surface area is 394 Å². The Morgan fingerprint density at radius 3 is 1.52 bits per heavy atom. The lowest BCUT2D eigenvalue weighted by Gasteiger charge is -2.29. The summed E-state index contributed by atoms with van der Waals surface area (Å²) in [5.41, 5.74) is 6.86. The smallest absolute Gasteiger partial charge is 0.326 e. The van der Waals surface area contributed by atoms with Gasteiger partial charge in [0.2, 0.25) is 47.3 Å². The van der Waals surface area contributed by atoms with Gasteiger partial charge in [-0.15, -0.1) is 0 Å². The van der Waals surface area contributed by atoms with Crippen LogP contribution in [0.5, 0.6) is 0 Å². The first-order valence-corrected chi connectivity index (χ1v) is 22.9. The number of carbonyl (C=O) groups excluding carboxylic acids is 8. The second-order valence-electron chi connectivity index (χ2n) is 18.1. The number of aliphatic carboxylic acids is 1. The van der Waals surface area contributed by atoms with E-state index in [-0.39, 0.29) is 50.0 Å². The lowest BCUT2D eigenvalue weighted by Crippen LogP contribution is -2.60. The molecule has 2 aromatic carbocycles. The molecular weight excluding hydrogens is 863 g/mol. The van der Waals surface area contributed by atoms with Gasteiger partial charge in [0.25, 0.3) is 0 Å². The summed E-state index contributed by atoms with van der Waals surface area (Å²) in [6.45, 7) is 14.8. The van der Waals surface area contributed by atoms with Gasteiger partial charge in [-0.05, 0) is 54.6 Å². The van der Waals surface area contributed by atoms with Crippen molar-refractivity contribution in [3.63, 3.8) is 0 Å². The number of rotatable bonds is 28. The van der Waals surface area contributed by atoms with Crippen molar-refractivity contribution in [2.45, 2.75) is 131 Å². The third-order valence-corrected chi connectivity index (χ3v) is 11.0. The maximum atomic E-state index is 14.1. The SMILES string of the molecule is CC[C@H](C)[C@H](NC(=O)CN)C(=O)N[C@@H](CC(C)C)C(=O)NCC(=O)N[C@@H](Cc1ccccc1)C(=O)N[C@H](C(=O)N[C@@H](Cc1ccccc1)NC(=O)C(C)C(=O)N[C@@H](CC(C)C)C(=O)O)C(C)C. The van der Waals surface area contributed by atoms with Gasteiger partial charge in [-0.2, -0.15) is 0 Å². The van der Waals surface area contributed by atoms with Crippen molar-refractivity contribution in [2.75, 3.05) is 13.1 Å². The monoisotopic (exact) mass is 936 g/mol. The van der Waals surface area contributed by atoms with Crippen LogP contribution in [0.3, 0.4) is 0 Å². The van der Waals surface area contributed by atoms with Crippen LogP contribution in [-0.4, -0.2) is 108 Å². The van der Waals surface area contributed by atoms with Crippen LogP contribution in [0.1, 0.15) is 92.7 Å². The number of amides is 8. The molecule has 1 unspecified atom stereocenters. The number of nitrogens with two attached hydrogens (primary N) is 1. The number of carboxylic acids is 1. The lowest BCUT2D eigenvalue weighted by atomic mass is 9.96. The fourth-order valence-corrected chi connectivity index (χ4v) is 6.94. The molecule has 2 aromatic rings. The maximum absolute atomic E-state index is 14.1. The number of hydrogen-bond donors (Lipinski definition) is 10. The van der Waals surface area contributed by atoms with Gasteiger partial charge in [0.05, 0.1) is 13.1 Å². The zero-order valence-electron chi connectivity index (χ0n) is 40.3. The fraction of sp³-hybridized carbons (Fsp3) is 0.562. The molecule has 0 bridgehead atoms. The van der Waals surface area contributed by atoms with Crippen molar-refractivity contribution in [1.82, 2.24) is 42.5 Å². The molecule has 0 spiro atoms. The molecule has 2 rings (SSSR count). The first-order valence-electron chi connectivity index (χ1n) is 22.9. The van der Waals surface area contributed by atoms with Gasteiger partial charge in [0.1, 0.15) is 42.3 Å². The highest BCUT2D eigenvalue weighted by atomic mass is 16.4. The van der Waals surface area contributed by atoms with Crippen LogP contribution in [-0.2, 0) is 56.0 Å². The van der Waals surface area contributed by atoms with Crippen molar-refractivity contribution in [3.8, 4) is 0 Å². The highest BCUT2D eigenvalue weighted by Crippen LogP contribution is 2.13. The van der Waals surface area contributed by atoms with Crippen molar-refractivity contribution in [2.24, 2.45) is 35.3 Å². The first kappa shape index (κ1) is 56.8. The molecule has 11 N–H and O–H groups in total. The second-order valence-corrected chi connectivity index (χ2v) is 18.1. The molecule has 0 saturated carbocycles. The predicted molar refractivity (Wildman–Crippen MR) is 252 cm³/mol. The normalized spacial score (nSPS) is 14.8. The molecule has 8 atom stereocenters. The average molecular weight is 936 g/mol. The van der Waals surface area contributed by atoms with E-state index in [9.17, 15) is 48.3 Å². The zero-order valence-corrected chi connectivity index (χ0v) is 40.3. The Balaban J connectivity index is 2.30. The van der Waals surface area contributed by atoms with Gasteiger partial charge in [0, 0.05) is 12.8 Å². The third-order valence-electron chi connectivity index (χ3n) is 11.0. The highest BCUT2D eigenvalue weighted by Gasteiger charge is 2.34. The quantitative estimate of drug-likeness (QED) is 0.0425. The molecule has 0 aromatic heterocycles. The molecule has 0 saturated heterocycles. The third kappa shape index (κ3) is 20.4. The molecule has 0 radical (unpaired) electrons. The van der Waals surface area contributed by atoms with E-state index in [4.69, 9.17) is 5.73 Å². The van der Waals surface area contributed by atoms with Gasteiger partial charge in [-0.3, -0.25) is 38.4 Å². The minimum absolute atomic E-state index is 0.00287. The number of benzene rings is 2. The molecule has 67 heavy (non-hydrogen) atoms. The molecule has 0 aliphatic heterocycles. The Bertz CT molecular complexity index is 1970. The summed E-state index contributed by atoms with van der Waals surface area (Å²) in [6.07, 6.45) is -0.0835. The van der Waals surface area contributed by atoms with Gasteiger partial charge < -0.3 is 53.4 Å². The Morgan fingerprint density at radius 1 is 0.522 bits per heavy atom. The van der Waals surface area contributed by atoms with Crippen LogP contribution in [0.15, 0.2) is 60.7 Å². The summed E-state index contributed by atoms with van der Waals surface area (Å²) in [6, 6.07) is 12.1. The largest absolute Gasteiger partial charge is 0.480 e. The van der Waals surface area contributed by atoms with Crippen LogP contribution < -0.4 is 48.3 Å². The van der Waals surface area contributed by atoms with E-state index >= 15 is 0 Å². The Morgan fingerprint density at radius 2 is 1.01 bits per heavy atom. The molecule has 370 valence electrons. The van der Waals surface area contributed by atoms with Crippen LogP contribution in [0.4, 0.5) is 0 Å². The topological polar surface area (TPSA) is 296 Å². The number of carbonyl (C=O) groups is 9. The van der Waals surface area contributed by atoms with Crippen molar-refractivity contribution in [3.05, 3.63) is 71.8 Å². The van der Waals surface area contributed by atoms with E-state index in [2.05, 4.69) is 42.5 Å². The van der Waals surface area contributed by atoms with E-state index in [0.29, 0.717) is 12.0 Å². The molecule has 19 nitrogen and oxygen atoms in total. The Kier molecular flexibility index (Phi) is 24.2. The summed E-state index contributed by atoms with van der Waals surface area (Å²) in [7, 11) is 0. The van der Waals surface area contributed by atoms with Crippen LogP contribution >= 0.6 is 0 Å². The van der Waals surface area contributed by atoms with E-state index in [1.54, 1.807) is 95.3 Å². The second kappa shape index (κ2) is 28.6. The standard InChI is InChI=1S/C48H73N9O10/c1-10-30(8)41(56-38(58)25-49)47(65)52-34(21-27(2)3)44(62)50-26-39(59)51-35(23-32-17-13-11-14-18-32)45(63)57-40(29(6)7)46(64)55-37(24-33-19-15-12-16-20-33)54-43(61)31(9)42(60)53-36(48(66)67)22-28(4)5/h11-20,27-31,34-37,40-41H,10,21-26,49H2,1-9H3,(H,50,62)(H,51,59)(H,52,65)(H,53,60)(H,54,61)(H,55,64)(H,56,58)(H,57,63)(H,66,67)/t30-,31?,34-,35-,36-,37-,40-,41-/m0/s1. The van der Waals surface area contributed by atoms with Crippen LogP contribution in [0.2, 0.25) is 0 Å². The highest BCUT2D eigenvalue weighted by molar-refractivity contribution is 6.01. The fourth-order valence-electron chi connectivity index (χ4n) is 6.94. The molecular formula is C48H73N9O10. The molecule has 0 aliphatic rings. The van der Waals surface area contributed by atoms with Gasteiger partial charge >= 0.3 is 5.97 Å². The summed E-state index contributed by atoms with van der Waals surface area (Å²) >= 11 is 0. The van der Waals surface area contributed by atoms with Gasteiger partial charge in [0.15, 0.2) is 0 Å². The molecule has 0 heterocycles. The summed E-state index contributed by atoms with van der Waals surface area (Å²) in [5, 5.41) is 30.8. The van der Waals surface area contributed by atoms with Crippen LogP contribution in [0.25, 0.3) is 0 Å². The van der Waals surface area contributed by atoms with E-state index in [1.165, 1.54) is 6.92 Å². The van der Waals surface area contributed by atoms with Crippen molar-refractivity contribution < 1.29 is 48.3 Å². The zero-order chi connectivity index (χ0) is 50.4. The maximum Gasteiger partial charge on any atom is 0.326 e. The van der Waals surface area contributed by atoms with E-state index < -0.39 is 108 Å². The van der Waals surface area contributed by atoms with Gasteiger partial charge in [-0.25, -0.2) is 4.79 Å². The number of nitrogens with one attached hydrogen (secondary N) is 8. The average Bonchev–Trinajstić information content (AvgIpc) is 3.27. The lowest BCUT2D eigenvalue weighted by molar-refractivity contribution is -0.144. The summed E-state index contributed by atoms with van der Waals surface area (Å²) < 4.78 is 0. The first-order chi connectivity index (χ1) is 31.6. The molecule has 8 amide bonds. The van der Waals surface area contributed by atoms with Crippen molar-refractivity contribution >= 4 is 53.2 Å². The molecule has 19 heteroatoms. The van der Waals surface area contributed by atoms with Crippen molar-refractivity contribution in [1.29, 1.82) is 0 Å². The minimum atomic E-state index is -1.34. The van der Waals surface area contributed by atoms with E-state index in [1.807, 2.05) is 20.8 Å². The molecule has 0 fully saturated rings. The Hall–Kier alpha value is -6.37. The minimum Gasteiger partial charge on any atom is -0.480 e.